The third-order valence-electron chi connectivity index (χ3n) is 5.18. The van der Waals surface area contributed by atoms with E-state index < -0.39 is 5.60 Å². The van der Waals surface area contributed by atoms with Crippen molar-refractivity contribution in [2.45, 2.75) is 90.3 Å². The van der Waals surface area contributed by atoms with Gasteiger partial charge in [-0.2, -0.15) is 0 Å². The number of alkyl carbamates (subject to hydrolysis) is 1. The Bertz CT molecular complexity index is 365. The largest absolute Gasteiger partial charge is 0.444 e. The molecule has 4 atom stereocenters. The fraction of sp³-hybridized carbons (Fsp3) is 0.944. The molecule has 2 aliphatic carbocycles. The summed E-state index contributed by atoms with van der Waals surface area (Å²) in [5.74, 6) is 1.39. The zero-order valence-corrected chi connectivity index (χ0v) is 14.8. The molecule has 0 saturated heterocycles. The lowest BCUT2D eigenvalue weighted by Crippen LogP contribution is -2.45. The first-order valence-corrected chi connectivity index (χ1v) is 9.12. The van der Waals surface area contributed by atoms with Crippen LogP contribution in [0.5, 0.6) is 0 Å². The minimum atomic E-state index is -0.421. The van der Waals surface area contributed by atoms with Crippen molar-refractivity contribution in [3.05, 3.63) is 0 Å². The van der Waals surface area contributed by atoms with E-state index in [1.54, 1.807) is 0 Å². The van der Waals surface area contributed by atoms with Gasteiger partial charge < -0.3 is 15.4 Å². The normalized spacial score (nSPS) is 32.2. The maximum atomic E-state index is 11.8. The number of rotatable bonds is 5. The van der Waals surface area contributed by atoms with Gasteiger partial charge in [-0.3, -0.25) is 0 Å². The molecule has 4 heteroatoms. The van der Waals surface area contributed by atoms with Gasteiger partial charge in [0.25, 0.3) is 0 Å². The van der Waals surface area contributed by atoms with Gasteiger partial charge in [-0.1, -0.05) is 26.2 Å². The van der Waals surface area contributed by atoms with Gasteiger partial charge in [0.05, 0.1) is 0 Å². The molecule has 0 aromatic carbocycles. The lowest BCUT2D eigenvalue weighted by atomic mass is 9.97. The summed E-state index contributed by atoms with van der Waals surface area (Å²) >= 11 is 0. The second-order valence-electron chi connectivity index (χ2n) is 8.05. The van der Waals surface area contributed by atoms with E-state index >= 15 is 0 Å². The maximum absolute atomic E-state index is 11.8. The SMILES string of the molecule is CCC1CCCC1NC1CCCC1CNC(=O)OC(C)(C)C. The van der Waals surface area contributed by atoms with Crippen molar-refractivity contribution in [2.24, 2.45) is 11.8 Å². The number of nitrogens with one attached hydrogen (secondary N) is 2. The van der Waals surface area contributed by atoms with E-state index in [2.05, 4.69) is 17.6 Å². The summed E-state index contributed by atoms with van der Waals surface area (Å²) in [5, 5.41) is 6.87. The first kappa shape index (κ1) is 17.6. The molecule has 2 rings (SSSR count). The van der Waals surface area contributed by atoms with Gasteiger partial charge in [0.1, 0.15) is 5.60 Å². The number of ether oxygens (including phenoxy) is 1. The van der Waals surface area contributed by atoms with E-state index in [9.17, 15) is 4.79 Å². The number of amides is 1. The van der Waals surface area contributed by atoms with Crippen LogP contribution in [-0.2, 0) is 4.74 Å². The van der Waals surface area contributed by atoms with E-state index in [1.807, 2.05) is 20.8 Å². The van der Waals surface area contributed by atoms with Crippen LogP contribution in [0.15, 0.2) is 0 Å². The maximum Gasteiger partial charge on any atom is 0.407 e. The van der Waals surface area contributed by atoms with Crippen LogP contribution in [0.1, 0.15) is 72.6 Å². The summed E-state index contributed by atoms with van der Waals surface area (Å²) in [6.45, 7) is 8.74. The highest BCUT2D eigenvalue weighted by molar-refractivity contribution is 5.67. The van der Waals surface area contributed by atoms with E-state index in [0.717, 1.165) is 12.5 Å². The van der Waals surface area contributed by atoms with Crippen LogP contribution in [0.3, 0.4) is 0 Å². The molecule has 2 fully saturated rings. The predicted octanol–water partition coefficient (Wildman–Crippen LogP) is 3.85. The molecule has 2 N–H and O–H groups in total. The lowest BCUT2D eigenvalue weighted by Gasteiger charge is -2.28. The minimum Gasteiger partial charge on any atom is -0.444 e. The van der Waals surface area contributed by atoms with Crippen molar-refractivity contribution >= 4 is 6.09 Å². The van der Waals surface area contributed by atoms with Crippen LogP contribution >= 0.6 is 0 Å². The van der Waals surface area contributed by atoms with Crippen molar-refractivity contribution in [2.75, 3.05) is 6.54 Å². The van der Waals surface area contributed by atoms with Gasteiger partial charge in [0.15, 0.2) is 0 Å². The first-order valence-electron chi connectivity index (χ1n) is 9.12. The molecule has 0 bridgehead atoms. The van der Waals surface area contributed by atoms with Gasteiger partial charge in [-0.05, 0) is 58.3 Å². The van der Waals surface area contributed by atoms with Crippen LogP contribution in [0.25, 0.3) is 0 Å². The van der Waals surface area contributed by atoms with Crippen molar-refractivity contribution in [3.63, 3.8) is 0 Å². The zero-order valence-electron chi connectivity index (χ0n) is 14.8. The van der Waals surface area contributed by atoms with Crippen LogP contribution in [0.4, 0.5) is 4.79 Å². The summed E-state index contributed by atoms with van der Waals surface area (Å²) in [6.07, 6.45) is 8.77. The van der Waals surface area contributed by atoms with Crippen molar-refractivity contribution in [3.8, 4) is 0 Å². The second kappa shape index (κ2) is 7.67. The van der Waals surface area contributed by atoms with Gasteiger partial charge >= 0.3 is 6.09 Å². The minimum absolute atomic E-state index is 0.287. The molecule has 22 heavy (non-hydrogen) atoms. The smallest absolute Gasteiger partial charge is 0.407 e. The molecular formula is C18H34N2O2. The van der Waals surface area contributed by atoms with E-state index in [1.165, 1.54) is 44.9 Å². The van der Waals surface area contributed by atoms with Gasteiger partial charge in [-0.15, -0.1) is 0 Å². The number of carbonyl (C=O) groups is 1. The molecule has 0 spiro atoms. The average Bonchev–Trinajstić information content (AvgIpc) is 3.04. The standard InChI is InChI=1S/C18H34N2O2/c1-5-13-8-6-10-15(13)20-16-11-7-9-14(16)12-19-17(21)22-18(2,3)4/h13-16,20H,5-12H2,1-4H3,(H,19,21). The van der Waals surface area contributed by atoms with E-state index in [0.29, 0.717) is 18.0 Å². The fourth-order valence-electron chi connectivity index (χ4n) is 4.05. The highest BCUT2D eigenvalue weighted by Crippen LogP contribution is 2.32. The molecular weight excluding hydrogens is 276 g/mol. The average molecular weight is 310 g/mol. The summed E-state index contributed by atoms with van der Waals surface area (Å²) < 4.78 is 5.33. The molecule has 2 aliphatic rings. The Kier molecular flexibility index (Phi) is 6.13. The molecule has 4 unspecified atom stereocenters. The predicted molar refractivity (Wildman–Crippen MR) is 89.9 cm³/mol. The Balaban J connectivity index is 1.77. The number of hydrogen-bond donors (Lipinski definition) is 2. The molecule has 0 aromatic rings. The van der Waals surface area contributed by atoms with Crippen molar-refractivity contribution in [1.29, 1.82) is 0 Å². The van der Waals surface area contributed by atoms with Crippen LogP contribution in [0.2, 0.25) is 0 Å². The quantitative estimate of drug-likeness (QED) is 0.811. The van der Waals surface area contributed by atoms with Crippen LogP contribution < -0.4 is 10.6 Å². The Morgan fingerprint density at radius 3 is 2.23 bits per heavy atom. The monoisotopic (exact) mass is 310 g/mol. The number of hydrogen-bond acceptors (Lipinski definition) is 3. The topological polar surface area (TPSA) is 50.4 Å². The lowest BCUT2D eigenvalue weighted by molar-refractivity contribution is 0.0517. The summed E-state index contributed by atoms with van der Waals surface area (Å²) in [6, 6.07) is 1.25. The molecule has 0 radical (unpaired) electrons. The summed E-state index contributed by atoms with van der Waals surface area (Å²) in [7, 11) is 0. The van der Waals surface area contributed by atoms with Crippen LogP contribution in [0, 0.1) is 11.8 Å². The Labute approximate surface area is 135 Å². The second-order valence-corrected chi connectivity index (χ2v) is 8.05. The molecule has 0 aromatic heterocycles. The zero-order chi connectivity index (χ0) is 16.2. The number of carbonyl (C=O) groups excluding carboxylic acids is 1. The van der Waals surface area contributed by atoms with Gasteiger partial charge in [-0.25, -0.2) is 4.79 Å². The molecule has 2 saturated carbocycles. The summed E-state index contributed by atoms with van der Waals surface area (Å²) in [4.78, 5) is 11.8. The van der Waals surface area contributed by atoms with Gasteiger partial charge in [0, 0.05) is 18.6 Å². The van der Waals surface area contributed by atoms with Crippen LogP contribution in [-0.4, -0.2) is 30.3 Å². The fourth-order valence-corrected chi connectivity index (χ4v) is 4.05. The molecule has 4 nitrogen and oxygen atoms in total. The molecule has 0 aliphatic heterocycles. The van der Waals surface area contributed by atoms with Gasteiger partial charge in [0.2, 0.25) is 0 Å². The Hall–Kier alpha value is -0.770. The highest BCUT2D eigenvalue weighted by Gasteiger charge is 2.33. The molecule has 128 valence electrons. The van der Waals surface area contributed by atoms with E-state index in [-0.39, 0.29) is 6.09 Å². The van der Waals surface area contributed by atoms with E-state index in [4.69, 9.17) is 4.74 Å². The highest BCUT2D eigenvalue weighted by atomic mass is 16.6. The summed E-state index contributed by atoms with van der Waals surface area (Å²) in [5.41, 5.74) is -0.421. The first-order chi connectivity index (χ1) is 10.4. The Morgan fingerprint density at radius 2 is 1.64 bits per heavy atom. The third-order valence-corrected chi connectivity index (χ3v) is 5.18. The molecule has 1 amide bonds. The Morgan fingerprint density at radius 1 is 1.05 bits per heavy atom. The van der Waals surface area contributed by atoms with Crippen molar-refractivity contribution in [1.82, 2.24) is 10.6 Å². The molecule has 0 heterocycles. The van der Waals surface area contributed by atoms with Crippen molar-refractivity contribution < 1.29 is 9.53 Å². The third kappa shape index (κ3) is 5.15.